The number of nitrogens with zero attached hydrogens (tertiary/aromatic N) is 2. The van der Waals surface area contributed by atoms with Crippen LogP contribution in [0, 0.1) is 0 Å². The van der Waals surface area contributed by atoms with E-state index in [1.165, 1.54) is 24.1 Å². The Morgan fingerprint density at radius 3 is 3.06 bits per heavy atom. The maximum absolute atomic E-state index is 5.99. The van der Waals surface area contributed by atoms with Gasteiger partial charge in [0.15, 0.2) is 0 Å². The highest BCUT2D eigenvalue weighted by Crippen LogP contribution is 2.29. The second kappa shape index (κ2) is 4.18. The molecule has 0 bridgehead atoms. The lowest BCUT2D eigenvalue weighted by Crippen LogP contribution is -2.44. The number of hydrogen-bond acceptors (Lipinski definition) is 3. The van der Waals surface area contributed by atoms with Gasteiger partial charge in [-0.3, -0.25) is 4.68 Å². The minimum absolute atomic E-state index is 0.153. The van der Waals surface area contributed by atoms with Gasteiger partial charge in [0, 0.05) is 36.4 Å². The third-order valence-electron chi connectivity index (χ3n) is 3.18. The fourth-order valence-electron chi connectivity index (χ4n) is 2.30. The molecule has 0 aliphatic heterocycles. The van der Waals surface area contributed by atoms with Gasteiger partial charge in [0.25, 0.3) is 0 Å². The Kier molecular flexibility index (Phi) is 3.04. The molecular weight excluding hydrogens is 200 g/mol. The van der Waals surface area contributed by atoms with Crippen LogP contribution in [0.2, 0.25) is 0 Å². The van der Waals surface area contributed by atoms with E-state index in [2.05, 4.69) is 10.4 Å². The van der Waals surface area contributed by atoms with Crippen LogP contribution >= 0.6 is 0 Å². The van der Waals surface area contributed by atoms with E-state index in [1.54, 1.807) is 0 Å². The molecule has 0 saturated carbocycles. The van der Waals surface area contributed by atoms with Gasteiger partial charge >= 0.3 is 0 Å². The van der Waals surface area contributed by atoms with Crippen LogP contribution in [0.1, 0.15) is 44.0 Å². The predicted octanol–water partition coefficient (Wildman–Crippen LogP) is 1.12. The Hall–Kier alpha value is -0.870. The summed E-state index contributed by atoms with van der Waals surface area (Å²) in [5, 5.41) is 7.89. The predicted molar refractivity (Wildman–Crippen MR) is 65.2 cm³/mol. The first-order valence-electron chi connectivity index (χ1n) is 6.00. The van der Waals surface area contributed by atoms with Crippen LogP contribution in [0.15, 0.2) is 6.20 Å². The first-order valence-corrected chi connectivity index (χ1v) is 6.00. The summed E-state index contributed by atoms with van der Waals surface area (Å²) >= 11 is 0. The van der Waals surface area contributed by atoms with Gasteiger partial charge in [-0.2, -0.15) is 5.10 Å². The minimum atomic E-state index is -0.153. The van der Waals surface area contributed by atoms with Crippen LogP contribution in [-0.2, 0) is 13.5 Å². The molecule has 16 heavy (non-hydrogen) atoms. The van der Waals surface area contributed by atoms with Crippen molar-refractivity contribution in [2.75, 3.05) is 6.54 Å². The molecule has 4 heteroatoms. The second-order valence-corrected chi connectivity index (χ2v) is 5.48. The highest BCUT2D eigenvalue weighted by atomic mass is 15.3. The van der Waals surface area contributed by atoms with Gasteiger partial charge in [-0.25, -0.2) is 0 Å². The maximum atomic E-state index is 5.99. The Labute approximate surface area is 97.2 Å². The first kappa shape index (κ1) is 11.6. The fraction of sp³-hybridized carbons (Fsp3) is 0.750. The number of nitrogens with two attached hydrogens (primary N) is 1. The van der Waals surface area contributed by atoms with Crippen molar-refractivity contribution in [3.8, 4) is 0 Å². The van der Waals surface area contributed by atoms with Gasteiger partial charge in [-0.15, -0.1) is 0 Å². The lowest BCUT2D eigenvalue weighted by molar-refractivity contribution is 0.390. The van der Waals surface area contributed by atoms with Crippen molar-refractivity contribution in [1.82, 2.24) is 15.1 Å². The lowest BCUT2D eigenvalue weighted by atomic mass is 9.92. The molecule has 0 fully saturated rings. The van der Waals surface area contributed by atoms with E-state index in [0.29, 0.717) is 6.04 Å². The molecule has 1 atom stereocenters. The molecule has 0 aromatic carbocycles. The molecule has 1 unspecified atom stereocenters. The molecule has 1 aromatic rings. The van der Waals surface area contributed by atoms with Crippen LogP contribution in [0.3, 0.4) is 0 Å². The standard InChI is InChI=1S/C12H22N4/c1-12(2,13)8-14-10-5-4-6-11-9(10)7-15-16(11)3/h7,10,14H,4-6,8,13H2,1-3H3. The van der Waals surface area contributed by atoms with Crippen LogP contribution < -0.4 is 11.1 Å². The van der Waals surface area contributed by atoms with Gasteiger partial charge in [-0.05, 0) is 33.1 Å². The average Bonchev–Trinajstić information content (AvgIpc) is 2.57. The van der Waals surface area contributed by atoms with Gasteiger partial charge in [0.2, 0.25) is 0 Å². The third kappa shape index (κ3) is 2.44. The van der Waals surface area contributed by atoms with Crippen molar-refractivity contribution < 1.29 is 0 Å². The molecular formula is C12H22N4. The molecule has 1 aliphatic rings. The molecule has 2 rings (SSSR count). The highest BCUT2D eigenvalue weighted by molar-refractivity contribution is 5.24. The topological polar surface area (TPSA) is 55.9 Å². The van der Waals surface area contributed by atoms with E-state index in [4.69, 9.17) is 5.73 Å². The molecule has 1 aliphatic carbocycles. The summed E-state index contributed by atoms with van der Waals surface area (Å²) in [5.41, 5.74) is 8.57. The van der Waals surface area contributed by atoms with E-state index in [0.717, 1.165) is 13.0 Å². The quantitative estimate of drug-likeness (QED) is 0.806. The Morgan fingerprint density at radius 2 is 2.38 bits per heavy atom. The molecule has 3 N–H and O–H groups in total. The number of aryl methyl sites for hydroxylation is 1. The van der Waals surface area contributed by atoms with Crippen LogP contribution in [0.5, 0.6) is 0 Å². The van der Waals surface area contributed by atoms with E-state index >= 15 is 0 Å². The summed E-state index contributed by atoms with van der Waals surface area (Å²) in [7, 11) is 2.02. The van der Waals surface area contributed by atoms with Crippen LogP contribution in [-0.4, -0.2) is 21.9 Å². The van der Waals surface area contributed by atoms with Crippen molar-refractivity contribution in [3.63, 3.8) is 0 Å². The molecule has 0 saturated heterocycles. The van der Waals surface area contributed by atoms with Gasteiger partial charge in [0.1, 0.15) is 0 Å². The monoisotopic (exact) mass is 222 g/mol. The van der Waals surface area contributed by atoms with Crippen molar-refractivity contribution in [3.05, 3.63) is 17.5 Å². The smallest absolute Gasteiger partial charge is 0.0540 e. The van der Waals surface area contributed by atoms with E-state index < -0.39 is 0 Å². The maximum Gasteiger partial charge on any atom is 0.0540 e. The average molecular weight is 222 g/mol. The van der Waals surface area contributed by atoms with Crippen molar-refractivity contribution in [2.24, 2.45) is 12.8 Å². The second-order valence-electron chi connectivity index (χ2n) is 5.48. The molecule has 0 amide bonds. The van der Waals surface area contributed by atoms with Crippen molar-refractivity contribution in [2.45, 2.75) is 44.7 Å². The van der Waals surface area contributed by atoms with Gasteiger partial charge in [0.05, 0.1) is 6.20 Å². The van der Waals surface area contributed by atoms with E-state index in [-0.39, 0.29) is 5.54 Å². The minimum Gasteiger partial charge on any atom is -0.324 e. The number of hydrogen-bond donors (Lipinski definition) is 2. The number of rotatable bonds is 3. The summed E-state index contributed by atoms with van der Waals surface area (Å²) in [4.78, 5) is 0. The number of fused-ring (bicyclic) bond motifs is 1. The molecule has 1 heterocycles. The summed E-state index contributed by atoms with van der Waals surface area (Å²) in [6, 6.07) is 0.431. The van der Waals surface area contributed by atoms with E-state index in [1.807, 2.05) is 31.8 Å². The zero-order valence-electron chi connectivity index (χ0n) is 10.5. The van der Waals surface area contributed by atoms with Gasteiger partial charge in [-0.1, -0.05) is 0 Å². The van der Waals surface area contributed by atoms with Crippen molar-refractivity contribution in [1.29, 1.82) is 0 Å². The van der Waals surface area contributed by atoms with Crippen molar-refractivity contribution >= 4 is 0 Å². The highest BCUT2D eigenvalue weighted by Gasteiger charge is 2.24. The third-order valence-corrected chi connectivity index (χ3v) is 3.18. The Bertz CT molecular complexity index is 362. The Morgan fingerprint density at radius 1 is 1.62 bits per heavy atom. The summed E-state index contributed by atoms with van der Waals surface area (Å²) in [5.74, 6) is 0. The fourth-order valence-corrected chi connectivity index (χ4v) is 2.30. The molecule has 4 nitrogen and oxygen atoms in total. The Balaban J connectivity index is 2.08. The lowest BCUT2D eigenvalue weighted by Gasteiger charge is -2.27. The number of aromatic nitrogens is 2. The largest absolute Gasteiger partial charge is 0.324 e. The molecule has 1 aromatic heterocycles. The van der Waals surface area contributed by atoms with Crippen LogP contribution in [0.25, 0.3) is 0 Å². The molecule has 90 valence electrons. The zero-order valence-corrected chi connectivity index (χ0v) is 10.5. The normalized spacial score (nSPS) is 20.9. The molecule has 0 spiro atoms. The van der Waals surface area contributed by atoms with Gasteiger partial charge < -0.3 is 11.1 Å². The first-order chi connectivity index (χ1) is 7.47. The van der Waals surface area contributed by atoms with Crippen LogP contribution in [0.4, 0.5) is 0 Å². The summed E-state index contributed by atoms with van der Waals surface area (Å²) in [6.45, 7) is 4.94. The SMILES string of the molecule is Cn1ncc2c1CCCC2NCC(C)(C)N. The van der Waals surface area contributed by atoms with E-state index in [9.17, 15) is 0 Å². The summed E-state index contributed by atoms with van der Waals surface area (Å²) in [6.07, 6.45) is 5.57. The zero-order chi connectivity index (χ0) is 11.8. The summed E-state index contributed by atoms with van der Waals surface area (Å²) < 4.78 is 2.00. The number of nitrogens with one attached hydrogen (secondary N) is 1. The molecule has 0 radical (unpaired) electrons.